The summed E-state index contributed by atoms with van der Waals surface area (Å²) in [5, 5.41) is 35.5. The highest BCUT2D eigenvalue weighted by Gasteiger charge is 2.36. The number of carbonyl (C=O) groups excluding carboxylic acids is 8. The van der Waals surface area contributed by atoms with E-state index in [0.29, 0.717) is 41.3 Å². The van der Waals surface area contributed by atoms with Crippen LogP contribution in [-0.2, 0) is 56.0 Å². The minimum absolute atomic E-state index is 0.0381. The number of phenolic OH excluding ortho intramolecular Hbond substituents is 1. The van der Waals surface area contributed by atoms with Gasteiger partial charge < -0.3 is 64.3 Å². The van der Waals surface area contributed by atoms with Crippen molar-refractivity contribution in [1.29, 1.82) is 0 Å². The lowest BCUT2D eigenvalue weighted by molar-refractivity contribution is -0.141. The van der Waals surface area contributed by atoms with E-state index in [4.69, 9.17) is 17.2 Å². The van der Waals surface area contributed by atoms with Crippen LogP contribution in [0.2, 0.25) is 0 Å². The molecule has 0 spiro atoms. The molecule has 0 radical (unpaired) electrons. The number of carbonyl (C=O) groups is 9. The molecule has 2 aromatic carbocycles. The van der Waals surface area contributed by atoms with Crippen molar-refractivity contribution < 1.29 is 53.4 Å². The Morgan fingerprint density at radius 2 is 1.26 bits per heavy atom. The Balaban J connectivity index is 1.98. The van der Waals surface area contributed by atoms with E-state index in [1.165, 1.54) is 26.0 Å². The number of fused-ring (bicyclic) bond motifs is 1. The van der Waals surface area contributed by atoms with Gasteiger partial charge in [-0.05, 0) is 61.9 Å². The van der Waals surface area contributed by atoms with Crippen LogP contribution in [0.4, 0.5) is 0 Å². The number of nitrogens with two attached hydrogens (primary N) is 3. The van der Waals surface area contributed by atoms with Gasteiger partial charge in [0.1, 0.15) is 42.0 Å². The number of benzene rings is 2. The molecule has 1 heterocycles. The number of nitrogens with one attached hydrogen (secondary N) is 7. The number of unbranched alkanes of at least 4 members (excludes halogenated alkanes) is 1. The van der Waals surface area contributed by atoms with Crippen molar-refractivity contribution in [2.75, 3.05) is 0 Å². The fourth-order valence-electron chi connectivity index (χ4n) is 6.82. The van der Waals surface area contributed by atoms with Gasteiger partial charge in [-0.2, -0.15) is 0 Å². The molecule has 0 fully saturated rings. The zero-order chi connectivity index (χ0) is 49.3. The Hall–Kier alpha value is -7.03. The molecular weight excluding hydrogens is 857 g/mol. The number of rotatable bonds is 27. The summed E-state index contributed by atoms with van der Waals surface area (Å²) in [5.41, 5.74) is 17.2. The quantitative estimate of drug-likeness (QED) is 0.0472. The number of carboxylic acids is 1. The number of aliphatic carboxylic acids is 1. The van der Waals surface area contributed by atoms with Gasteiger partial charge in [0.05, 0.1) is 12.0 Å². The molecule has 0 saturated heterocycles. The van der Waals surface area contributed by atoms with Crippen molar-refractivity contribution in [3.63, 3.8) is 0 Å². The lowest BCUT2D eigenvalue weighted by Crippen LogP contribution is -2.61. The highest BCUT2D eigenvalue weighted by atomic mass is 16.4. The Morgan fingerprint density at radius 3 is 1.83 bits per heavy atom. The third-order valence-corrected chi connectivity index (χ3v) is 10.9. The van der Waals surface area contributed by atoms with Gasteiger partial charge in [-0.25, -0.2) is 0 Å². The molecule has 3 aromatic rings. The maximum Gasteiger partial charge on any atom is 0.305 e. The first-order valence-electron chi connectivity index (χ1n) is 21.8. The van der Waals surface area contributed by atoms with Crippen molar-refractivity contribution in [2.45, 2.75) is 134 Å². The van der Waals surface area contributed by atoms with E-state index in [9.17, 15) is 53.4 Å². The number of para-hydroxylation sites is 1. The number of aromatic nitrogens is 1. The minimum atomic E-state index is -1.68. The van der Waals surface area contributed by atoms with Crippen LogP contribution >= 0.6 is 0 Å². The predicted molar refractivity (Wildman–Crippen MR) is 243 cm³/mol. The Labute approximate surface area is 382 Å². The number of carboxylic acid groups (broad SMARTS) is 1. The van der Waals surface area contributed by atoms with Gasteiger partial charge in [-0.1, -0.05) is 70.4 Å². The van der Waals surface area contributed by atoms with E-state index >= 15 is 0 Å². The second-order valence-corrected chi connectivity index (χ2v) is 16.9. The van der Waals surface area contributed by atoms with Gasteiger partial charge in [0.15, 0.2) is 0 Å². The van der Waals surface area contributed by atoms with E-state index in [1.54, 1.807) is 56.4 Å². The Kier molecular flexibility index (Phi) is 20.1. The van der Waals surface area contributed by atoms with E-state index in [2.05, 4.69) is 36.9 Å². The molecule has 66 heavy (non-hydrogen) atoms. The molecule has 15 N–H and O–H groups in total. The molecule has 0 bridgehead atoms. The molecule has 0 aliphatic rings. The van der Waals surface area contributed by atoms with Crippen molar-refractivity contribution in [3.8, 4) is 5.75 Å². The average Bonchev–Trinajstić information content (AvgIpc) is 3.66. The number of hydrogen-bond acceptors (Lipinski definition) is 11. The van der Waals surface area contributed by atoms with Gasteiger partial charge in [-0.3, -0.25) is 43.2 Å². The first kappa shape index (κ1) is 53.3. The fraction of sp³-hybridized carbons (Fsp3) is 0.489. The lowest BCUT2D eigenvalue weighted by Gasteiger charge is -2.29. The summed E-state index contributed by atoms with van der Waals surface area (Å²) >= 11 is 0. The van der Waals surface area contributed by atoms with Gasteiger partial charge in [-0.15, -0.1) is 0 Å². The Bertz CT molecular complexity index is 2200. The van der Waals surface area contributed by atoms with Crippen LogP contribution in [0.1, 0.15) is 90.7 Å². The minimum Gasteiger partial charge on any atom is -0.508 e. The number of primary amides is 2. The SMILES string of the molecule is CCCC[C@H](NC(=O)[C@H](Cc1ccc(O)cc1)NC(=O)[C@@H](NC(=O)[C@H](CCC(N)=O)NC(=O)[C@H](Cc1c[nH]c2ccccc12)NC(=O)[C@H](CC(=O)O)NC(=O)C(C)(C)N)[C@@H](C)CC)C(N)=O. The summed E-state index contributed by atoms with van der Waals surface area (Å²) in [7, 11) is 0. The van der Waals surface area contributed by atoms with E-state index in [-0.39, 0.29) is 31.4 Å². The van der Waals surface area contributed by atoms with E-state index < -0.39 is 114 Å². The highest BCUT2D eigenvalue weighted by molar-refractivity contribution is 5.99. The third kappa shape index (κ3) is 16.5. The van der Waals surface area contributed by atoms with Crippen LogP contribution < -0.4 is 49.1 Å². The maximum atomic E-state index is 14.3. The molecule has 21 nitrogen and oxygen atoms in total. The van der Waals surface area contributed by atoms with Gasteiger partial charge in [0.2, 0.25) is 47.3 Å². The molecule has 8 amide bonds. The molecular formula is C45H64N10O11. The highest BCUT2D eigenvalue weighted by Crippen LogP contribution is 2.20. The van der Waals surface area contributed by atoms with Crippen LogP contribution in [0, 0.1) is 5.92 Å². The van der Waals surface area contributed by atoms with Crippen LogP contribution in [0.25, 0.3) is 10.9 Å². The standard InChI is InChI=1S/C45H64N10O11/c1-6-8-12-30(38(47)60)50-40(62)32(20-25-14-16-27(56)17-15-25)53-43(65)37(24(3)7-2)55-39(61)31(18-19-35(46)57)51-41(63)33(21-26-23-49-29-13-10-9-11-28(26)29)52-42(64)34(22-36(58)59)54-44(66)45(4,5)48/h9-11,13-17,23-24,30-34,37,49,56H,6-8,12,18-22,48H2,1-5H3,(H2,46,57)(H2,47,60)(H,50,62)(H,51,63)(H,52,64)(H,53,65)(H,54,66)(H,55,61)(H,58,59)/t24-,30-,31-,32-,33-,34-,37-/m0/s1. The summed E-state index contributed by atoms with van der Waals surface area (Å²) in [5.74, 6) is -9.01. The predicted octanol–water partition coefficient (Wildman–Crippen LogP) is -0.233. The molecule has 0 saturated carbocycles. The van der Waals surface area contributed by atoms with Crippen molar-refractivity contribution >= 4 is 64.1 Å². The monoisotopic (exact) mass is 920 g/mol. The number of amides is 8. The van der Waals surface area contributed by atoms with Crippen LogP contribution in [0.3, 0.4) is 0 Å². The lowest BCUT2D eigenvalue weighted by atomic mass is 9.96. The smallest absolute Gasteiger partial charge is 0.305 e. The summed E-state index contributed by atoms with van der Waals surface area (Å²) in [4.78, 5) is 122. The molecule has 0 aliphatic carbocycles. The fourth-order valence-corrected chi connectivity index (χ4v) is 6.82. The largest absolute Gasteiger partial charge is 0.508 e. The van der Waals surface area contributed by atoms with Crippen LogP contribution in [0.15, 0.2) is 54.7 Å². The number of hydrogen-bond donors (Lipinski definition) is 12. The molecule has 360 valence electrons. The van der Waals surface area contributed by atoms with E-state index in [0.717, 1.165) is 0 Å². The summed E-state index contributed by atoms with van der Waals surface area (Å²) in [6, 6.07) is 4.51. The maximum absolute atomic E-state index is 14.3. The summed E-state index contributed by atoms with van der Waals surface area (Å²) < 4.78 is 0. The number of phenols is 1. The van der Waals surface area contributed by atoms with Crippen molar-refractivity contribution in [3.05, 3.63) is 65.9 Å². The van der Waals surface area contributed by atoms with Crippen LogP contribution in [-0.4, -0.2) is 110 Å². The Morgan fingerprint density at radius 1 is 0.697 bits per heavy atom. The van der Waals surface area contributed by atoms with E-state index in [1.807, 2.05) is 6.92 Å². The zero-order valence-corrected chi connectivity index (χ0v) is 37.9. The first-order chi connectivity index (χ1) is 31.0. The first-order valence-corrected chi connectivity index (χ1v) is 21.8. The molecule has 1 aromatic heterocycles. The van der Waals surface area contributed by atoms with Gasteiger partial charge in [0.25, 0.3) is 0 Å². The molecule has 21 heteroatoms. The number of H-pyrrole nitrogens is 1. The molecule has 0 unspecified atom stereocenters. The molecule has 3 rings (SSSR count). The molecule has 0 aliphatic heterocycles. The zero-order valence-electron chi connectivity index (χ0n) is 37.9. The van der Waals surface area contributed by atoms with Gasteiger partial charge in [0, 0.05) is 36.4 Å². The normalized spacial score (nSPS) is 14.5. The third-order valence-electron chi connectivity index (χ3n) is 10.9. The second-order valence-electron chi connectivity index (χ2n) is 16.9. The number of aromatic amines is 1. The van der Waals surface area contributed by atoms with Crippen molar-refractivity contribution in [2.24, 2.45) is 23.1 Å². The molecule has 7 atom stereocenters. The average molecular weight is 921 g/mol. The topological polar surface area (TPSA) is 360 Å². The van der Waals surface area contributed by atoms with Gasteiger partial charge >= 0.3 is 5.97 Å². The summed E-state index contributed by atoms with van der Waals surface area (Å²) in [6.45, 7) is 8.01. The van der Waals surface area contributed by atoms with Crippen molar-refractivity contribution in [1.82, 2.24) is 36.9 Å². The number of aromatic hydroxyl groups is 1. The second kappa shape index (κ2) is 24.9. The van der Waals surface area contributed by atoms with Crippen LogP contribution in [0.5, 0.6) is 5.75 Å². The summed E-state index contributed by atoms with van der Waals surface area (Å²) in [6.07, 6.45) is 1.52.